The first-order valence-corrected chi connectivity index (χ1v) is 5.45. The number of carbonyl (C=O) groups is 1. The van der Waals surface area contributed by atoms with E-state index in [0.29, 0.717) is 6.04 Å². The largest absolute Gasteiger partial charge is 0.409 e. The topological polar surface area (TPSA) is 82.2 Å². The maximum absolute atomic E-state index is 11.8. The van der Waals surface area contributed by atoms with Crippen molar-refractivity contribution in [3.8, 4) is 0 Å². The van der Waals surface area contributed by atoms with Crippen molar-refractivity contribution in [1.82, 2.24) is 9.80 Å². The highest BCUT2D eigenvalue weighted by Crippen LogP contribution is 2.14. The van der Waals surface area contributed by atoms with E-state index in [-0.39, 0.29) is 18.2 Å². The van der Waals surface area contributed by atoms with Gasteiger partial charge in [-0.25, -0.2) is 0 Å². The number of hydrogen-bond donors (Lipinski definition) is 2. The number of piperidine rings is 1. The lowest BCUT2D eigenvalue weighted by atomic mass is 10.0. The average molecular weight is 228 g/mol. The minimum Gasteiger partial charge on any atom is -0.409 e. The van der Waals surface area contributed by atoms with E-state index in [4.69, 9.17) is 10.9 Å². The van der Waals surface area contributed by atoms with Crippen LogP contribution in [0.1, 0.15) is 19.3 Å². The minimum atomic E-state index is -0.0677. The summed E-state index contributed by atoms with van der Waals surface area (Å²) in [6.07, 6.45) is 2.11. The number of nitrogens with two attached hydrogens (primary N) is 1. The minimum absolute atomic E-state index is 0.00332. The molecule has 0 saturated carbocycles. The van der Waals surface area contributed by atoms with Gasteiger partial charge in [-0.2, -0.15) is 0 Å². The summed E-state index contributed by atoms with van der Waals surface area (Å²) in [6, 6.07) is 0.407. The van der Waals surface area contributed by atoms with Crippen LogP contribution in [0.15, 0.2) is 5.16 Å². The fraction of sp³-hybridized carbons (Fsp3) is 0.800. The SMILES string of the molecule is CN(C)C1CCCN(C(=O)CC(N)=NO)C1. The molecular weight excluding hydrogens is 208 g/mol. The van der Waals surface area contributed by atoms with E-state index in [9.17, 15) is 4.79 Å². The predicted octanol–water partition coefficient (Wildman–Crippen LogP) is -0.324. The Labute approximate surface area is 95.7 Å². The van der Waals surface area contributed by atoms with Crippen molar-refractivity contribution in [2.75, 3.05) is 27.2 Å². The Morgan fingerprint density at radius 2 is 2.31 bits per heavy atom. The van der Waals surface area contributed by atoms with Gasteiger partial charge in [0, 0.05) is 19.1 Å². The van der Waals surface area contributed by atoms with Crippen molar-refractivity contribution in [2.45, 2.75) is 25.3 Å². The van der Waals surface area contributed by atoms with Gasteiger partial charge in [0.25, 0.3) is 0 Å². The second-order valence-electron chi connectivity index (χ2n) is 4.37. The van der Waals surface area contributed by atoms with Crippen LogP contribution in [0.5, 0.6) is 0 Å². The van der Waals surface area contributed by atoms with Crippen LogP contribution in [-0.2, 0) is 4.79 Å². The highest BCUT2D eigenvalue weighted by atomic mass is 16.4. The molecule has 1 aliphatic rings. The number of nitrogens with zero attached hydrogens (tertiary/aromatic N) is 3. The van der Waals surface area contributed by atoms with Crippen molar-refractivity contribution in [1.29, 1.82) is 0 Å². The van der Waals surface area contributed by atoms with E-state index in [1.54, 1.807) is 4.90 Å². The molecule has 0 aromatic heterocycles. The maximum Gasteiger partial charge on any atom is 0.230 e. The number of carbonyl (C=O) groups excluding carboxylic acids is 1. The molecule has 0 aromatic rings. The zero-order chi connectivity index (χ0) is 12.1. The highest BCUT2D eigenvalue weighted by molar-refractivity contribution is 5.98. The summed E-state index contributed by atoms with van der Waals surface area (Å²) < 4.78 is 0. The quantitative estimate of drug-likeness (QED) is 0.300. The Morgan fingerprint density at radius 3 is 2.88 bits per heavy atom. The molecule has 1 atom stereocenters. The van der Waals surface area contributed by atoms with Gasteiger partial charge in [0.15, 0.2) is 0 Å². The van der Waals surface area contributed by atoms with Gasteiger partial charge in [-0.05, 0) is 26.9 Å². The first kappa shape index (κ1) is 12.8. The Bertz CT molecular complexity index is 278. The number of rotatable bonds is 3. The summed E-state index contributed by atoms with van der Waals surface area (Å²) in [5.74, 6) is -0.0983. The molecule has 6 nitrogen and oxygen atoms in total. The molecule has 1 amide bonds. The number of amidine groups is 1. The second-order valence-corrected chi connectivity index (χ2v) is 4.37. The van der Waals surface area contributed by atoms with Crippen LogP contribution in [0.4, 0.5) is 0 Å². The van der Waals surface area contributed by atoms with Gasteiger partial charge in [0.2, 0.25) is 5.91 Å². The molecule has 1 unspecified atom stereocenters. The van der Waals surface area contributed by atoms with Crippen molar-refractivity contribution in [3.63, 3.8) is 0 Å². The summed E-state index contributed by atoms with van der Waals surface area (Å²) in [4.78, 5) is 15.7. The number of hydrogen-bond acceptors (Lipinski definition) is 4. The van der Waals surface area contributed by atoms with Gasteiger partial charge < -0.3 is 20.7 Å². The number of likely N-dealkylation sites (tertiary alicyclic amines) is 1. The van der Waals surface area contributed by atoms with Crippen molar-refractivity contribution < 1.29 is 10.0 Å². The van der Waals surface area contributed by atoms with Crippen LogP contribution in [-0.4, -0.2) is 60.0 Å². The molecule has 1 heterocycles. The van der Waals surface area contributed by atoms with Crippen molar-refractivity contribution >= 4 is 11.7 Å². The van der Waals surface area contributed by atoms with E-state index >= 15 is 0 Å². The predicted molar refractivity (Wildman–Crippen MR) is 61.3 cm³/mol. The summed E-state index contributed by atoms with van der Waals surface area (Å²) in [5.41, 5.74) is 5.32. The number of likely N-dealkylation sites (N-methyl/N-ethyl adjacent to an activating group) is 1. The van der Waals surface area contributed by atoms with E-state index in [1.165, 1.54) is 0 Å². The van der Waals surface area contributed by atoms with Crippen molar-refractivity contribution in [3.05, 3.63) is 0 Å². The third-order valence-corrected chi connectivity index (χ3v) is 2.94. The molecule has 0 radical (unpaired) electrons. The molecule has 0 aliphatic carbocycles. The monoisotopic (exact) mass is 228 g/mol. The first-order chi connectivity index (χ1) is 7.54. The molecule has 16 heavy (non-hydrogen) atoms. The van der Waals surface area contributed by atoms with Crippen LogP contribution in [0.2, 0.25) is 0 Å². The fourth-order valence-electron chi connectivity index (χ4n) is 1.90. The second kappa shape index (κ2) is 5.69. The lowest BCUT2D eigenvalue weighted by molar-refractivity contribution is -0.131. The molecule has 0 bridgehead atoms. The third-order valence-electron chi connectivity index (χ3n) is 2.94. The fourth-order valence-corrected chi connectivity index (χ4v) is 1.90. The molecule has 0 aromatic carbocycles. The molecule has 0 spiro atoms. The smallest absolute Gasteiger partial charge is 0.230 e. The lowest BCUT2D eigenvalue weighted by Gasteiger charge is -2.36. The van der Waals surface area contributed by atoms with E-state index in [0.717, 1.165) is 25.9 Å². The number of oxime groups is 1. The summed E-state index contributed by atoms with van der Waals surface area (Å²) in [5, 5.41) is 11.2. The molecule has 1 fully saturated rings. The maximum atomic E-state index is 11.8. The Morgan fingerprint density at radius 1 is 1.62 bits per heavy atom. The van der Waals surface area contributed by atoms with Crippen LogP contribution < -0.4 is 5.73 Å². The third kappa shape index (κ3) is 3.37. The molecule has 1 rings (SSSR count). The van der Waals surface area contributed by atoms with Crippen LogP contribution >= 0.6 is 0 Å². The van der Waals surface area contributed by atoms with Crippen molar-refractivity contribution in [2.24, 2.45) is 10.9 Å². The van der Waals surface area contributed by atoms with E-state index in [2.05, 4.69) is 10.1 Å². The molecule has 3 N–H and O–H groups in total. The van der Waals surface area contributed by atoms with Crippen LogP contribution in [0.3, 0.4) is 0 Å². The lowest BCUT2D eigenvalue weighted by Crippen LogP contribution is -2.48. The Balaban J connectivity index is 2.50. The summed E-state index contributed by atoms with van der Waals surface area (Å²) >= 11 is 0. The zero-order valence-corrected chi connectivity index (χ0v) is 9.89. The van der Waals surface area contributed by atoms with Gasteiger partial charge in [0.05, 0.1) is 6.42 Å². The molecule has 92 valence electrons. The van der Waals surface area contributed by atoms with Crippen LogP contribution in [0, 0.1) is 0 Å². The van der Waals surface area contributed by atoms with Gasteiger partial charge in [-0.15, -0.1) is 0 Å². The standard InChI is InChI=1S/C10H20N4O2/c1-13(2)8-4-3-5-14(7-8)10(15)6-9(11)12-16/h8,16H,3-7H2,1-2H3,(H2,11,12). The van der Waals surface area contributed by atoms with E-state index in [1.807, 2.05) is 14.1 Å². The molecule has 6 heteroatoms. The summed E-state index contributed by atoms with van der Waals surface area (Å²) in [6.45, 7) is 1.49. The molecule has 1 aliphatic heterocycles. The highest BCUT2D eigenvalue weighted by Gasteiger charge is 2.24. The molecular formula is C10H20N4O2. The van der Waals surface area contributed by atoms with Gasteiger partial charge in [-0.1, -0.05) is 5.16 Å². The zero-order valence-electron chi connectivity index (χ0n) is 9.89. The van der Waals surface area contributed by atoms with Gasteiger partial charge >= 0.3 is 0 Å². The van der Waals surface area contributed by atoms with Gasteiger partial charge in [-0.3, -0.25) is 4.79 Å². The van der Waals surface area contributed by atoms with Gasteiger partial charge in [0.1, 0.15) is 5.84 Å². The normalized spacial score (nSPS) is 22.6. The Hall–Kier alpha value is -1.30. The first-order valence-electron chi connectivity index (χ1n) is 5.45. The number of amides is 1. The van der Waals surface area contributed by atoms with Crippen LogP contribution in [0.25, 0.3) is 0 Å². The van der Waals surface area contributed by atoms with E-state index < -0.39 is 0 Å². The summed E-state index contributed by atoms with van der Waals surface area (Å²) in [7, 11) is 4.03. The molecule has 1 saturated heterocycles. The average Bonchev–Trinajstić information content (AvgIpc) is 2.28. The Kier molecular flexibility index (Phi) is 4.54.